The van der Waals surface area contributed by atoms with Crippen molar-refractivity contribution in [1.29, 1.82) is 0 Å². The minimum absolute atomic E-state index is 0.0273. The molecule has 35 heavy (non-hydrogen) atoms. The molecule has 0 bridgehead atoms. The van der Waals surface area contributed by atoms with E-state index in [-0.39, 0.29) is 37.6 Å². The summed E-state index contributed by atoms with van der Waals surface area (Å²) in [6.07, 6.45) is -3.74. The number of benzene rings is 1. The molecular weight excluding hydrogens is 473 g/mol. The van der Waals surface area contributed by atoms with Gasteiger partial charge in [-0.15, -0.1) is 10.2 Å². The first-order chi connectivity index (χ1) is 16.8. The number of ether oxygens (including phenoxy) is 1. The lowest BCUT2D eigenvalue weighted by atomic mass is 10.1. The van der Waals surface area contributed by atoms with Crippen LogP contribution in [-0.2, 0) is 20.9 Å². The van der Waals surface area contributed by atoms with Crippen molar-refractivity contribution in [1.82, 2.24) is 30.6 Å². The number of nitrogens with one attached hydrogen (secondary N) is 1. The number of Topliss-reactive ketones (excluding diaryl/α,β-unsaturated/α-hetero) is 1. The Morgan fingerprint density at radius 3 is 2.77 bits per heavy atom. The molecule has 1 aromatic carbocycles. The minimum Gasteiger partial charge on any atom is -0.444 e. The van der Waals surface area contributed by atoms with Gasteiger partial charge in [-0.25, -0.2) is 23.4 Å². The number of hydrogen-bond acceptors (Lipinski definition) is 9. The minimum atomic E-state index is -3.06. The highest BCUT2D eigenvalue weighted by atomic mass is 19.3. The lowest BCUT2D eigenvalue weighted by Crippen LogP contribution is -2.45. The molecule has 0 aliphatic carbocycles. The number of hydrazine groups is 1. The van der Waals surface area contributed by atoms with Crippen molar-refractivity contribution in [2.45, 2.75) is 31.9 Å². The van der Waals surface area contributed by atoms with E-state index in [0.29, 0.717) is 25.3 Å². The maximum absolute atomic E-state index is 15.0. The number of rotatable bonds is 8. The SMILES string of the molecule is O=C(CC[C@H]1CN(c2ccc(N3CCNN(C(=O)Cn4ncnn4)CC3)c(F)c2)C(=O)O1)C(F)F. The number of tetrazole rings is 1. The lowest BCUT2D eigenvalue weighted by molar-refractivity contribution is -0.135. The van der Waals surface area contributed by atoms with E-state index < -0.39 is 36.6 Å². The van der Waals surface area contributed by atoms with Gasteiger partial charge in [0, 0.05) is 26.1 Å². The predicted octanol–water partition coefficient (Wildman–Crippen LogP) is 0.605. The second-order valence-electron chi connectivity index (χ2n) is 7.96. The molecule has 2 amide bonds. The van der Waals surface area contributed by atoms with Crippen LogP contribution in [-0.4, -0.2) is 88.3 Å². The Morgan fingerprint density at radius 2 is 2.06 bits per heavy atom. The summed E-state index contributed by atoms with van der Waals surface area (Å²) in [7, 11) is 0. The number of aromatic nitrogens is 4. The van der Waals surface area contributed by atoms with E-state index in [0.717, 1.165) is 4.80 Å². The van der Waals surface area contributed by atoms with E-state index in [1.165, 1.54) is 28.4 Å². The third-order valence-electron chi connectivity index (χ3n) is 5.66. The summed E-state index contributed by atoms with van der Waals surface area (Å²) in [4.78, 5) is 39.9. The maximum atomic E-state index is 15.0. The van der Waals surface area contributed by atoms with E-state index in [2.05, 4.69) is 20.8 Å². The van der Waals surface area contributed by atoms with Crippen LogP contribution in [0.25, 0.3) is 0 Å². The van der Waals surface area contributed by atoms with Crippen LogP contribution < -0.4 is 15.2 Å². The number of ketones is 1. The van der Waals surface area contributed by atoms with Gasteiger partial charge in [-0.3, -0.25) is 19.5 Å². The van der Waals surface area contributed by atoms with E-state index in [9.17, 15) is 23.2 Å². The van der Waals surface area contributed by atoms with Crippen molar-refractivity contribution in [2.24, 2.45) is 0 Å². The summed E-state index contributed by atoms with van der Waals surface area (Å²) in [6, 6.07) is 4.29. The molecule has 0 saturated carbocycles. The van der Waals surface area contributed by atoms with Crippen LogP contribution in [0, 0.1) is 5.82 Å². The standard InChI is InChI=1S/C20H23F3N8O4/c21-15-9-13(29-10-14(35-20(29)34)2-4-17(32)19(22)23)1-3-16(15)28-6-5-25-30(8-7-28)18(33)11-31-26-12-24-27-31/h1,3,9,12,14,19,25H,2,4-8,10-11H2/t14-/m0/s1. The maximum Gasteiger partial charge on any atom is 0.414 e. The van der Waals surface area contributed by atoms with Crippen LogP contribution >= 0.6 is 0 Å². The van der Waals surface area contributed by atoms with Gasteiger partial charge in [0.1, 0.15) is 18.5 Å². The number of halogens is 3. The number of hydrogen-bond donors (Lipinski definition) is 1. The van der Waals surface area contributed by atoms with Crippen LogP contribution in [0.3, 0.4) is 0 Å². The van der Waals surface area contributed by atoms with E-state index in [1.54, 1.807) is 11.0 Å². The molecule has 2 saturated heterocycles. The highest BCUT2D eigenvalue weighted by Crippen LogP contribution is 2.29. The van der Waals surface area contributed by atoms with Crippen molar-refractivity contribution < 1.29 is 32.3 Å². The van der Waals surface area contributed by atoms with E-state index in [4.69, 9.17) is 4.74 Å². The Labute approximate surface area is 197 Å². The summed E-state index contributed by atoms with van der Waals surface area (Å²) < 4.78 is 44.9. The van der Waals surface area contributed by atoms with Crippen LogP contribution in [0.1, 0.15) is 12.8 Å². The molecule has 0 spiro atoms. The molecule has 2 aliphatic heterocycles. The quantitative estimate of drug-likeness (QED) is 0.559. The number of nitrogens with zero attached hydrogens (tertiary/aromatic N) is 7. The second-order valence-corrected chi connectivity index (χ2v) is 7.96. The summed E-state index contributed by atoms with van der Waals surface area (Å²) in [6.45, 7) is 1.39. The van der Waals surface area contributed by atoms with Crippen LogP contribution in [0.15, 0.2) is 24.5 Å². The Morgan fingerprint density at radius 1 is 1.23 bits per heavy atom. The smallest absolute Gasteiger partial charge is 0.414 e. The van der Waals surface area contributed by atoms with Gasteiger partial charge in [0.05, 0.1) is 24.5 Å². The number of anilines is 2. The normalized spacial score (nSPS) is 18.7. The van der Waals surface area contributed by atoms with Crippen molar-refractivity contribution in [3.05, 3.63) is 30.3 Å². The summed E-state index contributed by atoms with van der Waals surface area (Å²) in [5.41, 5.74) is 3.55. The van der Waals surface area contributed by atoms with Crippen molar-refractivity contribution >= 4 is 29.2 Å². The van der Waals surface area contributed by atoms with Gasteiger partial charge in [0.15, 0.2) is 12.1 Å². The highest BCUT2D eigenvalue weighted by molar-refractivity contribution is 5.90. The van der Waals surface area contributed by atoms with Gasteiger partial charge < -0.3 is 9.64 Å². The Hall–Kier alpha value is -3.75. The second kappa shape index (κ2) is 10.7. The number of carbonyl (C=O) groups excluding carboxylic acids is 3. The van der Waals surface area contributed by atoms with Crippen molar-refractivity contribution in [3.63, 3.8) is 0 Å². The zero-order chi connectivity index (χ0) is 24.9. The molecular formula is C20H23F3N8O4. The number of carbonyl (C=O) groups is 3. The molecule has 15 heteroatoms. The van der Waals surface area contributed by atoms with Crippen LogP contribution in [0.2, 0.25) is 0 Å². The van der Waals surface area contributed by atoms with Gasteiger partial charge in [-0.2, -0.15) is 4.80 Å². The molecule has 2 aliphatic rings. The summed E-state index contributed by atoms with van der Waals surface area (Å²) >= 11 is 0. The molecule has 2 fully saturated rings. The molecule has 1 atom stereocenters. The van der Waals surface area contributed by atoms with Crippen molar-refractivity contribution in [3.8, 4) is 0 Å². The fourth-order valence-corrected chi connectivity index (χ4v) is 3.87. The number of cyclic esters (lactones) is 1. The summed E-state index contributed by atoms with van der Waals surface area (Å²) in [5, 5.41) is 12.4. The molecule has 1 N–H and O–H groups in total. The largest absolute Gasteiger partial charge is 0.444 e. The molecule has 3 heterocycles. The molecule has 12 nitrogen and oxygen atoms in total. The number of amides is 2. The molecule has 0 radical (unpaired) electrons. The number of alkyl halides is 2. The molecule has 2 aromatic rings. The Bertz CT molecular complexity index is 1070. The first-order valence-corrected chi connectivity index (χ1v) is 10.9. The molecule has 4 rings (SSSR count). The predicted molar refractivity (Wildman–Crippen MR) is 114 cm³/mol. The average Bonchev–Trinajstić information content (AvgIpc) is 3.39. The highest BCUT2D eigenvalue weighted by Gasteiger charge is 2.33. The van der Waals surface area contributed by atoms with Crippen LogP contribution in [0.5, 0.6) is 0 Å². The molecule has 188 valence electrons. The van der Waals surface area contributed by atoms with Gasteiger partial charge in [-0.05, 0) is 29.8 Å². The topological polar surface area (TPSA) is 126 Å². The van der Waals surface area contributed by atoms with Crippen molar-refractivity contribution in [2.75, 3.05) is 42.5 Å². The van der Waals surface area contributed by atoms with Gasteiger partial charge in [-0.1, -0.05) is 0 Å². The monoisotopic (exact) mass is 496 g/mol. The van der Waals surface area contributed by atoms with Crippen LogP contribution in [0.4, 0.5) is 29.3 Å². The van der Waals surface area contributed by atoms with Gasteiger partial charge >= 0.3 is 6.09 Å². The zero-order valence-electron chi connectivity index (χ0n) is 18.5. The van der Waals surface area contributed by atoms with Gasteiger partial charge in [0.2, 0.25) is 0 Å². The average molecular weight is 496 g/mol. The first-order valence-electron chi connectivity index (χ1n) is 10.9. The fourth-order valence-electron chi connectivity index (χ4n) is 3.87. The lowest BCUT2D eigenvalue weighted by Gasteiger charge is -2.24. The third-order valence-corrected chi connectivity index (χ3v) is 5.66. The third kappa shape index (κ3) is 5.85. The first kappa shape index (κ1) is 24.4. The Balaban J connectivity index is 1.35. The van der Waals surface area contributed by atoms with E-state index in [1.807, 2.05) is 0 Å². The van der Waals surface area contributed by atoms with Gasteiger partial charge in [0.25, 0.3) is 12.3 Å². The molecule has 1 aromatic heterocycles. The molecule has 0 unspecified atom stereocenters. The fraction of sp³-hybridized carbons (Fsp3) is 0.500. The zero-order valence-corrected chi connectivity index (χ0v) is 18.5. The Kier molecular flexibility index (Phi) is 7.43. The van der Waals surface area contributed by atoms with E-state index >= 15 is 4.39 Å². The summed E-state index contributed by atoms with van der Waals surface area (Å²) in [5.74, 6) is -2.05.